The molecule has 1 unspecified atom stereocenters. The minimum atomic E-state index is -4.64. The predicted molar refractivity (Wildman–Crippen MR) is 151 cm³/mol. The van der Waals surface area contributed by atoms with Crippen LogP contribution in [0.2, 0.25) is 5.02 Å². The number of carbonyl (C=O) groups excluding carboxylic acids is 2. The van der Waals surface area contributed by atoms with Crippen LogP contribution in [0.1, 0.15) is 62.5 Å². The molecule has 0 saturated heterocycles. The Hall–Kier alpha value is -4.52. The smallest absolute Gasteiger partial charge is 0.398 e. The van der Waals surface area contributed by atoms with Gasteiger partial charge >= 0.3 is 12.1 Å². The van der Waals surface area contributed by atoms with Crippen molar-refractivity contribution < 1.29 is 41.6 Å². The lowest BCUT2D eigenvalue weighted by molar-refractivity contribution is -0.160. The van der Waals surface area contributed by atoms with E-state index in [9.17, 15) is 32.7 Å². The van der Waals surface area contributed by atoms with Gasteiger partial charge in [0.25, 0.3) is 5.91 Å². The fraction of sp³-hybridized carbons (Fsp3) is 0.323. The van der Waals surface area contributed by atoms with Gasteiger partial charge < -0.3 is 14.5 Å². The molecule has 0 radical (unpaired) electrons. The molecular formula is C31H25ClF4N4O5. The molecular weight excluding hydrogens is 620 g/mol. The number of carbonyl (C=O) groups is 3. The van der Waals surface area contributed by atoms with Crippen molar-refractivity contribution in [3.05, 3.63) is 93.2 Å². The molecule has 1 saturated carbocycles. The van der Waals surface area contributed by atoms with E-state index in [4.69, 9.17) is 16.1 Å². The number of alkyl halides is 3. The Kier molecular flexibility index (Phi) is 7.54. The van der Waals surface area contributed by atoms with Crippen molar-refractivity contribution in [1.29, 1.82) is 0 Å². The van der Waals surface area contributed by atoms with Crippen LogP contribution in [0.5, 0.6) is 0 Å². The molecule has 2 aliphatic rings. The Bertz CT molecular complexity index is 1830. The number of amides is 1. The summed E-state index contributed by atoms with van der Waals surface area (Å²) in [4.78, 5) is 40.5. The molecule has 0 spiro atoms. The predicted octanol–water partition coefficient (Wildman–Crippen LogP) is 6.07. The van der Waals surface area contributed by atoms with Crippen LogP contribution >= 0.6 is 11.6 Å². The molecule has 45 heavy (non-hydrogen) atoms. The van der Waals surface area contributed by atoms with E-state index in [1.807, 2.05) is 0 Å². The maximum atomic E-state index is 15.3. The molecule has 0 bridgehead atoms. The standard InChI is InChI=1S/C31H25ClF4N4O5/c1-39(15-18-9-12-45-38-18)27(41)16-5-8-20-24(14-16)40(37-26(20)19-7-6-17(29(43)44)13-23(19)33)28(42)25-21(3-2-4-22(25)32)30(10-11-30)31(34,35)36/h2-4,6-7,9,12-13,16H,5,8,10-11,14-15H2,1H3,(H,43,44). The zero-order chi connectivity index (χ0) is 32.3. The second kappa shape index (κ2) is 11.1. The summed E-state index contributed by atoms with van der Waals surface area (Å²) >= 11 is 6.41. The third kappa shape index (κ3) is 5.28. The zero-order valence-corrected chi connectivity index (χ0v) is 24.5. The van der Waals surface area contributed by atoms with Crippen molar-refractivity contribution in [1.82, 2.24) is 19.8 Å². The summed E-state index contributed by atoms with van der Waals surface area (Å²) < 4.78 is 63.7. The van der Waals surface area contributed by atoms with Crippen molar-refractivity contribution >= 4 is 29.4 Å². The third-order valence-corrected chi connectivity index (χ3v) is 8.90. The lowest BCUT2D eigenvalue weighted by Gasteiger charge is -2.27. The number of fused-ring (bicyclic) bond motifs is 1. The van der Waals surface area contributed by atoms with Crippen LogP contribution < -0.4 is 0 Å². The second-order valence-electron chi connectivity index (χ2n) is 11.4. The van der Waals surface area contributed by atoms with Gasteiger partial charge in [-0.15, -0.1) is 0 Å². The van der Waals surface area contributed by atoms with E-state index in [2.05, 4.69) is 10.3 Å². The molecule has 0 aliphatic heterocycles. The van der Waals surface area contributed by atoms with Gasteiger partial charge in [-0.3, -0.25) is 9.59 Å². The van der Waals surface area contributed by atoms with Gasteiger partial charge in [0.15, 0.2) is 0 Å². The molecule has 4 aromatic rings. The first-order valence-electron chi connectivity index (χ1n) is 14.0. The van der Waals surface area contributed by atoms with E-state index in [1.165, 1.54) is 41.5 Å². The summed E-state index contributed by atoms with van der Waals surface area (Å²) in [6.45, 7) is 0.159. The van der Waals surface area contributed by atoms with E-state index in [-0.39, 0.29) is 76.8 Å². The average molecular weight is 645 g/mol. The van der Waals surface area contributed by atoms with E-state index in [1.54, 1.807) is 13.1 Å². The molecule has 2 heterocycles. The number of aromatic nitrogens is 3. The zero-order valence-electron chi connectivity index (χ0n) is 23.7. The number of hydrogen-bond donors (Lipinski definition) is 1. The SMILES string of the molecule is CN(Cc1ccon1)C(=O)C1CCc2c(-c3ccc(C(=O)O)cc3F)nn(C(=O)c3c(Cl)cccc3C3(C(F)(F)F)CC3)c2C1. The number of aromatic carboxylic acids is 1. The van der Waals surface area contributed by atoms with Crippen molar-refractivity contribution in [3.63, 3.8) is 0 Å². The number of halogens is 5. The molecule has 1 N–H and O–H groups in total. The van der Waals surface area contributed by atoms with Crippen LogP contribution in [0.3, 0.4) is 0 Å². The van der Waals surface area contributed by atoms with Gasteiger partial charge in [-0.25, -0.2) is 9.18 Å². The molecule has 1 amide bonds. The minimum Gasteiger partial charge on any atom is -0.478 e. The van der Waals surface area contributed by atoms with Gasteiger partial charge in [0, 0.05) is 36.6 Å². The first-order valence-corrected chi connectivity index (χ1v) is 14.4. The number of carboxylic acid groups (broad SMARTS) is 1. The highest BCUT2D eigenvalue weighted by Gasteiger charge is 2.65. The van der Waals surface area contributed by atoms with Crippen LogP contribution in [-0.4, -0.2) is 56.0 Å². The third-order valence-electron chi connectivity index (χ3n) is 8.59. The van der Waals surface area contributed by atoms with Gasteiger partial charge in [0.05, 0.1) is 39.5 Å². The van der Waals surface area contributed by atoms with Gasteiger partial charge in [0.2, 0.25) is 5.91 Å². The molecule has 6 rings (SSSR count). The maximum Gasteiger partial charge on any atom is 0.398 e. The van der Waals surface area contributed by atoms with Crippen LogP contribution in [0.4, 0.5) is 17.6 Å². The molecule has 2 aliphatic carbocycles. The van der Waals surface area contributed by atoms with Gasteiger partial charge in [0.1, 0.15) is 17.8 Å². The van der Waals surface area contributed by atoms with Gasteiger partial charge in [-0.05, 0) is 55.5 Å². The Labute approximate surface area is 258 Å². The highest BCUT2D eigenvalue weighted by Crippen LogP contribution is 2.60. The minimum absolute atomic E-state index is 0.0188. The molecule has 1 atom stereocenters. The van der Waals surface area contributed by atoms with Crippen molar-refractivity contribution in [2.75, 3.05) is 7.05 Å². The summed E-state index contributed by atoms with van der Waals surface area (Å²) in [5.41, 5.74) is -2.06. The average Bonchev–Trinajstić information content (AvgIpc) is 3.52. The van der Waals surface area contributed by atoms with E-state index < -0.39 is 35.2 Å². The highest BCUT2D eigenvalue weighted by molar-refractivity contribution is 6.34. The quantitative estimate of drug-likeness (QED) is 0.243. The number of benzene rings is 2. The van der Waals surface area contributed by atoms with Crippen LogP contribution in [0.15, 0.2) is 53.3 Å². The summed E-state index contributed by atoms with van der Waals surface area (Å²) in [6, 6.07) is 8.75. The number of carboxylic acids is 1. The normalized spacial score (nSPS) is 17.1. The first kappa shape index (κ1) is 30.5. The lowest BCUT2D eigenvalue weighted by atomic mass is 9.84. The molecule has 2 aromatic heterocycles. The fourth-order valence-electron chi connectivity index (χ4n) is 6.08. The van der Waals surface area contributed by atoms with Crippen LogP contribution in [0.25, 0.3) is 11.3 Å². The van der Waals surface area contributed by atoms with E-state index in [0.29, 0.717) is 17.7 Å². The first-order chi connectivity index (χ1) is 21.3. The molecule has 1 fully saturated rings. The molecule has 9 nitrogen and oxygen atoms in total. The summed E-state index contributed by atoms with van der Waals surface area (Å²) in [5.74, 6) is -4.10. The fourth-order valence-corrected chi connectivity index (χ4v) is 6.33. The topological polar surface area (TPSA) is 119 Å². The Morgan fingerprint density at radius 1 is 1.18 bits per heavy atom. The number of rotatable bonds is 7. The van der Waals surface area contributed by atoms with Crippen molar-refractivity contribution in [2.24, 2.45) is 5.92 Å². The second-order valence-corrected chi connectivity index (χ2v) is 11.8. The maximum absolute atomic E-state index is 15.3. The molecule has 14 heteroatoms. The van der Waals surface area contributed by atoms with Crippen molar-refractivity contribution in [3.8, 4) is 11.3 Å². The van der Waals surface area contributed by atoms with Gasteiger partial charge in [-0.2, -0.15) is 23.0 Å². The summed E-state index contributed by atoms with van der Waals surface area (Å²) in [5, 5.41) is 17.3. The molecule has 234 valence electrons. The molecule has 2 aromatic carbocycles. The number of hydrogen-bond acceptors (Lipinski definition) is 6. The Morgan fingerprint density at radius 3 is 2.56 bits per heavy atom. The van der Waals surface area contributed by atoms with Crippen LogP contribution in [0, 0.1) is 11.7 Å². The van der Waals surface area contributed by atoms with Gasteiger partial charge in [-0.1, -0.05) is 28.9 Å². The monoisotopic (exact) mass is 644 g/mol. The largest absolute Gasteiger partial charge is 0.478 e. The lowest BCUT2D eigenvalue weighted by Crippen LogP contribution is -2.36. The Morgan fingerprint density at radius 2 is 1.93 bits per heavy atom. The highest BCUT2D eigenvalue weighted by atomic mass is 35.5. The Balaban J connectivity index is 1.45. The van der Waals surface area contributed by atoms with E-state index >= 15 is 4.39 Å². The van der Waals surface area contributed by atoms with Crippen molar-refractivity contribution in [2.45, 2.75) is 50.2 Å². The summed E-state index contributed by atoms with van der Waals surface area (Å²) in [6.07, 6.45) is -3.21. The number of nitrogens with zero attached hydrogens (tertiary/aromatic N) is 4. The summed E-state index contributed by atoms with van der Waals surface area (Å²) in [7, 11) is 1.59. The van der Waals surface area contributed by atoms with E-state index in [0.717, 1.165) is 10.7 Å². The van der Waals surface area contributed by atoms with Crippen LogP contribution in [-0.2, 0) is 29.6 Å².